The van der Waals surface area contributed by atoms with Crippen molar-refractivity contribution < 1.29 is 14.3 Å². The van der Waals surface area contributed by atoms with Crippen molar-refractivity contribution in [2.75, 3.05) is 31.2 Å². The largest absolute Gasteiger partial charge is 0.422 e. The van der Waals surface area contributed by atoms with Crippen LogP contribution in [-0.4, -0.2) is 36.4 Å². The minimum absolute atomic E-state index is 0.0655. The molecule has 0 spiro atoms. The second-order valence-electron chi connectivity index (χ2n) is 6.25. The first-order valence-electron chi connectivity index (χ1n) is 8.19. The van der Waals surface area contributed by atoms with E-state index in [2.05, 4.69) is 22.0 Å². The van der Waals surface area contributed by atoms with Gasteiger partial charge in [0.05, 0.1) is 13.2 Å². The number of benzene rings is 1. The molecule has 1 saturated heterocycles. The highest BCUT2D eigenvalue weighted by Gasteiger charge is 2.25. The Morgan fingerprint density at radius 2 is 1.87 bits per heavy atom. The topological polar surface area (TPSA) is 58.7 Å². The van der Waals surface area contributed by atoms with Crippen LogP contribution < -0.4 is 4.90 Å². The van der Waals surface area contributed by atoms with Crippen molar-refractivity contribution in [1.82, 2.24) is 4.98 Å². The molecule has 1 N–H and O–H groups in total. The van der Waals surface area contributed by atoms with Crippen molar-refractivity contribution in [2.45, 2.75) is 26.4 Å². The van der Waals surface area contributed by atoms with Gasteiger partial charge in [0.1, 0.15) is 11.8 Å². The quantitative estimate of drug-likeness (QED) is 0.919. The van der Waals surface area contributed by atoms with Crippen molar-refractivity contribution in [3.8, 4) is 0 Å². The van der Waals surface area contributed by atoms with E-state index < -0.39 is 6.10 Å². The van der Waals surface area contributed by atoms with Crippen LogP contribution in [-0.2, 0) is 11.2 Å². The van der Waals surface area contributed by atoms with Gasteiger partial charge in [-0.1, -0.05) is 44.2 Å². The maximum absolute atomic E-state index is 10.3. The number of nitrogens with zero attached hydrogens (tertiary/aromatic N) is 2. The summed E-state index contributed by atoms with van der Waals surface area (Å²) < 4.78 is 11.4. The van der Waals surface area contributed by atoms with Gasteiger partial charge in [-0.25, -0.2) is 4.98 Å². The molecule has 1 fully saturated rings. The summed E-state index contributed by atoms with van der Waals surface area (Å²) in [6.07, 6.45) is 0.0151. The first-order valence-corrected chi connectivity index (χ1v) is 8.19. The Balaban J connectivity index is 1.91. The van der Waals surface area contributed by atoms with Crippen molar-refractivity contribution >= 4 is 5.88 Å². The van der Waals surface area contributed by atoms with Crippen LogP contribution in [0.15, 0.2) is 34.7 Å². The second kappa shape index (κ2) is 7.15. The van der Waals surface area contributed by atoms with Crippen LogP contribution in [0.2, 0.25) is 0 Å². The number of morpholine rings is 1. The summed E-state index contributed by atoms with van der Waals surface area (Å²) in [5.41, 5.74) is 2.06. The summed E-state index contributed by atoms with van der Waals surface area (Å²) >= 11 is 0. The number of ether oxygens (including phenoxy) is 1. The summed E-state index contributed by atoms with van der Waals surface area (Å²) in [5, 5.41) is 10.3. The molecule has 124 valence electrons. The lowest BCUT2D eigenvalue weighted by molar-refractivity contribution is 0.0954. The minimum Gasteiger partial charge on any atom is -0.422 e. The Bertz CT molecular complexity index is 618. The molecule has 5 nitrogen and oxygen atoms in total. The molecule has 0 unspecified atom stereocenters. The number of aliphatic hydroxyl groups is 1. The van der Waals surface area contributed by atoms with Gasteiger partial charge < -0.3 is 19.2 Å². The third-order valence-corrected chi connectivity index (χ3v) is 4.09. The molecule has 0 aliphatic carbocycles. The Hall–Kier alpha value is -1.85. The highest BCUT2D eigenvalue weighted by atomic mass is 16.5. The molecule has 5 heteroatoms. The van der Waals surface area contributed by atoms with Gasteiger partial charge in [0, 0.05) is 19.5 Å². The molecule has 23 heavy (non-hydrogen) atoms. The summed E-state index contributed by atoms with van der Waals surface area (Å²) in [5.74, 6) is 1.25. The number of oxazole rings is 1. The summed E-state index contributed by atoms with van der Waals surface area (Å²) in [7, 11) is 0. The molecule has 1 aromatic carbocycles. The zero-order valence-electron chi connectivity index (χ0n) is 13.7. The van der Waals surface area contributed by atoms with E-state index in [4.69, 9.17) is 9.15 Å². The average molecular weight is 316 g/mol. The predicted molar refractivity (Wildman–Crippen MR) is 88.6 cm³/mol. The molecular formula is C18H24N2O3. The van der Waals surface area contributed by atoms with Crippen molar-refractivity contribution in [1.29, 1.82) is 0 Å². The monoisotopic (exact) mass is 316 g/mol. The fourth-order valence-electron chi connectivity index (χ4n) is 2.69. The van der Waals surface area contributed by atoms with Crippen LogP contribution in [0, 0.1) is 5.92 Å². The molecular weight excluding hydrogens is 292 g/mol. The van der Waals surface area contributed by atoms with Gasteiger partial charge in [-0.05, 0) is 11.5 Å². The van der Waals surface area contributed by atoms with Gasteiger partial charge >= 0.3 is 0 Å². The van der Waals surface area contributed by atoms with Gasteiger partial charge in [-0.3, -0.25) is 0 Å². The molecule has 0 radical (unpaired) electrons. The molecule has 1 aliphatic rings. The van der Waals surface area contributed by atoms with E-state index in [-0.39, 0.29) is 5.92 Å². The van der Waals surface area contributed by atoms with Gasteiger partial charge in [0.25, 0.3) is 0 Å². The SMILES string of the molecule is CC(C)[C@H](O)c1nc(Cc2ccccc2)c(N2CCOCC2)o1. The Morgan fingerprint density at radius 3 is 2.52 bits per heavy atom. The van der Waals surface area contributed by atoms with Gasteiger partial charge in [0.2, 0.25) is 11.8 Å². The minimum atomic E-state index is -0.681. The zero-order valence-corrected chi connectivity index (χ0v) is 13.7. The van der Waals surface area contributed by atoms with Crippen LogP contribution in [0.1, 0.15) is 37.1 Å². The smallest absolute Gasteiger partial charge is 0.226 e. The number of hydrogen-bond acceptors (Lipinski definition) is 5. The van der Waals surface area contributed by atoms with Crippen LogP contribution in [0.4, 0.5) is 5.88 Å². The fourth-order valence-corrected chi connectivity index (χ4v) is 2.69. The maximum Gasteiger partial charge on any atom is 0.226 e. The van der Waals surface area contributed by atoms with E-state index in [0.29, 0.717) is 25.5 Å². The lowest BCUT2D eigenvalue weighted by Gasteiger charge is -2.26. The number of hydrogen-bond donors (Lipinski definition) is 1. The van der Waals surface area contributed by atoms with Gasteiger partial charge in [-0.2, -0.15) is 0 Å². The van der Waals surface area contributed by atoms with E-state index in [1.54, 1.807) is 0 Å². The molecule has 1 aromatic heterocycles. The summed E-state index contributed by atoms with van der Waals surface area (Å²) in [4.78, 5) is 6.76. The standard InChI is InChI=1S/C18H24N2O3/c1-13(2)16(21)17-19-15(12-14-6-4-3-5-7-14)18(23-17)20-8-10-22-11-9-20/h3-7,13,16,21H,8-12H2,1-2H3/t16-/m0/s1. The fraction of sp³-hybridized carbons (Fsp3) is 0.500. The van der Waals surface area contributed by atoms with Crippen LogP contribution in [0.5, 0.6) is 0 Å². The number of rotatable bonds is 5. The lowest BCUT2D eigenvalue weighted by Crippen LogP contribution is -2.36. The molecule has 2 aromatic rings. The third kappa shape index (κ3) is 3.74. The first kappa shape index (κ1) is 16.0. The molecule has 1 atom stereocenters. The van der Waals surface area contributed by atoms with E-state index in [1.165, 1.54) is 5.56 Å². The molecule has 0 saturated carbocycles. The molecule has 0 bridgehead atoms. The average Bonchev–Trinajstić information content (AvgIpc) is 2.99. The molecule has 0 amide bonds. The Kier molecular flexibility index (Phi) is 4.98. The predicted octanol–water partition coefficient (Wildman–Crippen LogP) is 2.79. The Morgan fingerprint density at radius 1 is 1.17 bits per heavy atom. The number of anilines is 1. The van der Waals surface area contributed by atoms with Crippen molar-refractivity contribution in [3.05, 3.63) is 47.5 Å². The van der Waals surface area contributed by atoms with Gasteiger partial charge in [0.15, 0.2) is 0 Å². The van der Waals surface area contributed by atoms with Crippen LogP contribution in [0.25, 0.3) is 0 Å². The Labute approximate surface area is 136 Å². The maximum atomic E-state index is 10.3. The third-order valence-electron chi connectivity index (χ3n) is 4.09. The summed E-state index contributed by atoms with van der Waals surface area (Å²) in [6, 6.07) is 10.2. The second-order valence-corrected chi connectivity index (χ2v) is 6.25. The number of aliphatic hydroxyl groups excluding tert-OH is 1. The summed E-state index contributed by atoms with van der Waals surface area (Å²) in [6.45, 7) is 6.86. The van der Waals surface area contributed by atoms with E-state index in [9.17, 15) is 5.11 Å². The molecule has 2 heterocycles. The zero-order chi connectivity index (χ0) is 16.2. The van der Waals surface area contributed by atoms with Gasteiger partial charge in [-0.15, -0.1) is 0 Å². The number of aromatic nitrogens is 1. The van der Waals surface area contributed by atoms with E-state index in [0.717, 1.165) is 24.7 Å². The van der Waals surface area contributed by atoms with Crippen molar-refractivity contribution in [2.24, 2.45) is 5.92 Å². The molecule has 3 rings (SSSR count). The highest BCUT2D eigenvalue weighted by molar-refractivity contribution is 5.44. The van der Waals surface area contributed by atoms with Crippen molar-refractivity contribution in [3.63, 3.8) is 0 Å². The highest BCUT2D eigenvalue weighted by Crippen LogP contribution is 2.30. The lowest BCUT2D eigenvalue weighted by atomic mass is 10.1. The van der Waals surface area contributed by atoms with E-state index >= 15 is 0 Å². The molecule has 1 aliphatic heterocycles. The van der Waals surface area contributed by atoms with Crippen LogP contribution in [0.3, 0.4) is 0 Å². The first-order chi connectivity index (χ1) is 11.1. The van der Waals surface area contributed by atoms with E-state index in [1.807, 2.05) is 32.0 Å². The van der Waals surface area contributed by atoms with Crippen LogP contribution >= 0.6 is 0 Å². The normalized spacial score (nSPS) is 16.8.